The summed E-state index contributed by atoms with van der Waals surface area (Å²) in [5.41, 5.74) is 4.31. The molecule has 0 saturated carbocycles. The summed E-state index contributed by atoms with van der Waals surface area (Å²) in [4.78, 5) is 19.1. The molecule has 0 amide bonds. The van der Waals surface area contributed by atoms with E-state index in [4.69, 9.17) is 4.99 Å². The summed E-state index contributed by atoms with van der Waals surface area (Å²) < 4.78 is 6.88. The first-order chi connectivity index (χ1) is 15.4. The zero-order chi connectivity index (χ0) is 22.8. The zero-order valence-corrected chi connectivity index (χ0v) is 21.2. The third-order valence-electron chi connectivity index (χ3n) is 5.76. The summed E-state index contributed by atoms with van der Waals surface area (Å²) in [5, 5.41) is 2.14. The molecule has 1 unspecified atom stereocenters. The fourth-order valence-corrected chi connectivity index (χ4v) is 5.25. The van der Waals surface area contributed by atoms with E-state index in [0.717, 1.165) is 44.8 Å². The molecule has 0 bridgehead atoms. The van der Waals surface area contributed by atoms with Crippen molar-refractivity contribution in [3.63, 3.8) is 0 Å². The highest BCUT2D eigenvalue weighted by Gasteiger charge is 2.18. The molecular formula is C25H27BrN4OS. The average molecular weight is 511 g/mol. The maximum atomic E-state index is 13.4. The van der Waals surface area contributed by atoms with Crippen molar-refractivity contribution in [3.8, 4) is 16.9 Å². The van der Waals surface area contributed by atoms with E-state index in [-0.39, 0.29) is 11.6 Å². The molecule has 4 rings (SSSR count). The topological polar surface area (TPSA) is 44.2 Å². The summed E-state index contributed by atoms with van der Waals surface area (Å²) in [6.07, 6.45) is 2.11. The second-order valence-electron chi connectivity index (χ2n) is 7.94. The largest absolute Gasteiger partial charge is 0.314 e. The van der Waals surface area contributed by atoms with E-state index >= 15 is 0 Å². The second-order valence-corrected chi connectivity index (χ2v) is 9.69. The van der Waals surface area contributed by atoms with Gasteiger partial charge in [-0.25, -0.2) is 9.67 Å². The second kappa shape index (κ2) is 9.46. The van der Waals surface area contributed by atoms with Gasteiger partial charge in [0, 0.05) is 22.9 Å². The maximum Gasteiger partial charge on any atom is 0.297 e. The first-order valence-corrected chi connectivity index (χ1v) is 12.4. The van der Waals surface area contributed by atoms with Crippen molar-refractivity contribution < 1.29 is 0 Å². The van der Waals surface area contributed by atoms with Crippen molar-refractivity contribution in [1.82, 2.24) is 13.9 Å². The van der Waals surface area contributed by atoms with Crippen molar-refractivity contribution in [3.05, 3.63) is 85.3 Å². The number of halogens is 1. The highest BCUT2D eigenvalue weighted by atomic mass is 79.9. The van der Waals surface area contributed by atoms with Crippen LogP contribution in [0.5, 0.6) is 0 Å². The van der Waals surface area contributed by atoms with Gasteiger partial charge in [0.1, 0.15) is 0 Å². The molecule has 0 fully saturated rings. The van der Waals surface area contributed by atoms with E-state index in [0.29, 0.717) is 5.69 Å². The molecule has 0 N–H and O–H groups in total. The monoisotopic (exact) mass is 510 g/mol. The first kappa shape index (κ1) is 22.6. The van der Waals surface area contributed by atoms with Crippen molar-refractivity contribution in [2.75, 3.05) is 0 Å². The van der Waals surface area contributed by atoms with E-state index in [1.54, 1.807) is 16.0 Å². The molecule has 7 heteroatoms. The van der Waals surface area contributed by atoms with Crippen LogP contribution in [0, 0.1) is 6.92 Å². The predicted octanol–water partition coefficient (Wildman–Crippen LogP) is 6.37. The van der Waals surface area contributed by atoms with Crippen LogP contribution in [0.15, 0.2) is 74.2 Å². The SMILES string of the molecule is CCCC(C)n1c(-c2ccc(Br)cc2)csc1=Nc1c(C)n(C)n(-c2ccccc2)c1=O. The van der Waals surface area contributed by atoms with Gasteiger partial charge < -0.3 is 4.57 Å². The Morgan fingerprint density at radius 2 is 1.78 bits per heavy atom. The highest BCUT2D eigenvalue weighted by molar-refractivity contribution is 9.10. The molecule has 0 spiro atoms. The molecule has 166 valence electrons. The Kier molecular flexibility index (Phi) is 6.67. The van der Waals surface area contributed by atoms with Crippen LogP contribution in [0.1, 0.15) is 38.4 Å². The number of rotatable bonds is 6. The Morgan fingerprint density at radius 1 is 1.09 bits per heavy atom. The van der Waals surface area contributed by atoms with Crippen molar-refractivity contribution >= 4 is 33.0 Å². The molecule has 5 nitrogen and oxygen atoms in total. The summed E-state index contributed by atoms with van der Waals surface area (Å²) >= 11 is 5.10. The van der Waals surface area contributed by atoms with Gasteiger partial charge >= 0.3 is 0 Å². The van der Waals surface area contributed by atoms with Crippen LogP contribution in [0.25, 0.3) is 16.9 Å². The summed E-state index contributed by atoms with van der Waals surface area (Å²) in [6.45, 7) is 6.36. The molecule has 32 heavy (non-hydrogen) atoms. The lowest BCUT2D eigenvalue weighted by Crippen LogP contribution is -2.21. The van der Waals surface area contributed by atoms with Crippen LogP contribution in [0.2, 0.25) is 0 Å². The fraction of sp³-hybridized carbons (Fsp3) is 0.280. The van der Waals surface area contributed by atoms with Crippen molar-refractivity contribution in [1.29, 1.82) is 0 Å². The Balaban J connectivity index is 1.92. The minimum atomic E-state index is -0.107. The van der Waals surface area contributed by atoms with Crippen molar-refractivity contribution in [2.45, 2.75) is 39.7 Å². The molecule has 0 saturated heterocycles. The van der Waals surface area contributed by atoms with Gasteiger partial charge in [0.25, 0.3) is 5.56 Å². The van der Waals surface area contributed by atoms with Crippen LogP contribution >= 0.6 is 27.3 Å². The number of nitrogens with zero attached hydrogens (tertiary/aromatic N) is 4. The molecule has 2 heterocycles. The van der Waals surface area contributed by atoms with E-state index in [1.807, 2.05) is 49.0 Å². The minimum Gasteiger partial charge on any atom is -0.314 e. The van der Waals surface area contributed by atoms with Gasteiger partial charge in [0.2, 0.25) is 0 Å². The van der Waals surface area contributed by atoms with Crippen LogP contribution in [0.4, 0.5) is 5.69 Å². The van der Waals surface area contributed by atoms with E-state index in [9.17, 15) is 4.79 Å². The highest BCUT2D eigenvalue weighted by Crippen LogP contribution is 2.27. The number of aromatic nitrogens is 3. The van der Waals surface area contributed by atoms with E-state index in [2.05, 4.69) is 64.0 Å². The summed E-state index contributed by atoms with van der Waals surface area (Å²) in [6, 6.07) is 18.3. The fourth-order valence-electron chi connectivity index (χ4n) is 3.98. The van der Waals surface area contributed by atoms with Crippen molar-refractivity contribution in [2.24, 2.45) is 12.0 Å². The van der Waals surface area contributed by atoms with Crippen LogP contribution in [0.3, 0.4) is 0 Å². The summed E-state index contributed by atoms with van der Waals surface area (Å²) in [7, 11) is 1.90. The van der Waals surface area contributed by atoms with Gasteiger partial charge in [0.15, 0.2) is 10.5 Å². The number of para-hydroxylation sites is 1. The lowest BCUT2D eigenvalue weighted by atomic mass is 10.1. The van der Waals surface area contributed by atoms with Crippen LogP contribution in [-0.2, 0) is 7.05 Å². The quantitative estimate of drug-likeness (QED) is 0.297. The summed E-state index contributed by atoms with van der Waals surface area (Å²) in [5.74, 6) is 0. The Hall–Kier alpha value is -2.64. The lowest BCUT2D eigenvalue weighted by molar-refractivity contribution is 0.495. The Bertz CT molecular complexity index is 1340. The van der Waals surface area contributed by atoms with Gasteiger partial charge in [0.05, 0.1) is 17.1 Å². The number of hydrogen-bond acceptors (Lipinski definition) is 3. The molecule has 0 aliphatic rings. The third kappa shape index (κ3) is 4.19. The predicted molar refractivity (Wildman–Crippen MR) is 136 cm³/mol. The normalized spacial score (nSPS) is 13.0. The number of thiazole rings is 1. The van der Waals surface area contributed by atoms with Gasteiger partial charge in [-0.15, -0.1) is 11.3 Å². The Morgan fingerprint density at radius 3 is 2.44 bits per heavy atom. The molecule has 0 aliphatic carbocycles. The van der Waals surface area contributed by atoms with E-state index in [1.165, 1.54) is 0 Å². The van der Waals surface area contributed by atoms with Crippen LogP contribution < -0.4 is 10.4 Å². The molecule has 4 aromatic rings. The van der Waals surface area contributed by atoms with Gasteiger partial charge in [-0.2, -0.15) is 0 Å². The standard InChI is InChI=1S/C25H27BrN4OS/c1-5-9-17(2)29-22(19-12-14-20(26)15-13-19)16-32-25(29)27-23-18(3)28(4)30(24(23)31)21-10-7-6-8-11-21/h6-8,10-17H,5,9H2,1-4H3. The number of benzene rings is 2. The van der Waals surface area contributed by atoms with Gasteiger partial charge in [-0.05, 0) is 50.1 Å². The maximum absolute atomic E-state index is 13.4. The molecule has 0 radical (unpaired) electrons. The Labute approximate surface area is 200 Å². The smallest absolute Gasteiger partial charge is 0.297 e. The van der Waals surface area contributed by atoms with Gasteiger partial charge in [-0.1, -0.05) is 59.6 Å². The average Bonchev–Trinajstić information content (AvgIpc) is 3.30. The molecule has 2 aromatic carbocycles. The van der Waals surface area contributed by atoms with Gasteiger partial charge in [-0.3, -0.25) is 9.48 Å². The lowest BCUT2D eigenvalue weighted by Gasteiger charge is -2.16. The van der Waals surface area contributed by atoms with E-state index < -0.39 is 0 Å². The molecule has 0 aliphatic heterocycles. The molecule has 1 atom stereocenters. The first-order valence-electron chi connectivity index (χ1n) is 10.8. The number of hydrogen-bond donors (Lipinski definition) is 0. The molecular weight excluding hydrogens is 484 g/mol. The molecule has 2 aromatic heterocycles. The minimum absolute atomic E-state index is 0.107. The zero-order valence-electron chi connectivity index (χ0n) is 18.7. The van der Waals surface area contributed by atoms with Crippen LogP contribution in [-0.4, -0.2) is 13.9 Å². The third-order valence-corrected chi connectivity index (χ3v) is 7.13.